The highest BCUT2D eigenvalue weighted by molar-refractivity contribution is 6.09. The Bertz CT molecular complexity index is 3700. The first-order valence-electron chi connectivity index (χ1n) is 26.1. The minimum Gasteiger partial charge on any atom is -0.457 e. The summed E-state index contributed by atoms with van der Waals surface area (Å²) in [5.41, 5.74) is 17.7. The first-order valence-corrected chi connectivity index (χ1v) is 26.1. The molecule has 3 heterocycles. The molecule has 0 aliphatic carbocycles. The topological polar surface area (TPSA) is 33.5 Å². The third-order valence-corrected chi connectivity index (χ3v) is 14.8. The summed E-state index contributed by atoms with van der Waals surface area (Å²) < 4.78 is 24.2. The summed E-state index contributed by atoms with van der Waals surface area (Å²) in [5.74, 6) is 2.74. The molecule has 0 unspecified atom stereocenters. The molecule has 6 heteroatoms. The number of fused-ring (bicyclic) bond motifs is 4. The summed E-state index contributed by atoms with van der Waals surface area (Å²) >= 11 is 0. The molecule has 0 radical (unpaired) electrons. The van der Waals surface area contributed by atoms with Gasteiger partial charge in [-0.1, -0.05) is 160 Å². The molecule has 1 aliphatic heterocycles. The summed E-state index contributed by atoms with van der Waals surface area (Å²) in [6.45, 7) is 23.2. The van der Waals surface area contributed by atoms with Crippen LogP contribution in [-0.4, -0.2) is 16.2 Å². The molecule has 1 aliphatic rings. The normalized spacial score (nSPS) is 12.9. The summed E-state index contributed by atoms with van der Waals surface area (Å²) in [5, 5.41) is 2.30. The number of benzene rings is 8. The van der Waals surface area contributed by atoms with Gasteiger partial charge in [-0.2, -0.15) is 0 Å². The van der Waals surface area contributed by atoms with Crippen molar-refractivity contribution in [1.82, 2.24) is 9.55 Å². The fourth-order valence-corrected chi connectivity index (χ4v) is 10.6. The number of ether oxygens (including phenoxy) is 1. The quantitative estimate of drug-likeness (QED) is 0.137. The lowest BCUT2D eigenvalue weighted by molar-refractivity contribution is 0.483. The highest BCUT2D eigenvalue weighted by atomic mass is 19.1. The standard InChI is InChI=1S/C68H65FN4O/c1-43(2)47-32-48(44(3)4)34-50(33-47)60-38-52(68(8,9)10)37-59(46-24-26-53(69)27-25-46)66(60)72-42-71(62-22-16-17-23-63(62)72)54-35-49(45-18-12-11-13-19-45)36-56(40-54)74-55-28-29-58-57-20-14-15-21-61(57)73(64(58)41-55)65-39-51(30-31-70-65)67(5,6)7/h11-41,43-44H,42H2,1-10H3. The van der Waals surface area contributed by atoms with Crippen LogP contribution in [0.1, 0.15) is 103 Å². The van der Waals surface area contributed by atoms with Crippen LogP contribution < -0.4 is 14.5 Å². The maximum absolute atomic E-state index is 14.8. The lowest BCUT2D eigenvalue weighted by Gasteiger charge is -2.31. The lowest BCUT2D eigenvalue weighted by atomic mass is 9.81. The summed E-state index contributed by atoms with van der Waals surface area (Å²) in [7, 11) is 0. The van der Waals surface area contributed by atoms with Gasteiger partial charge in [0, 0.05) is 45.9 Å². The van der Waals surface area contributed by atoms with Crippen LogP contribution in [0.4, 0.5) is 27.1 Å². The first kappa shape index (κ1) is 48.3. The van der Waals surface area contributed by atoms with Crippen molar-refractivity contribution in [3.8, 4) is 50.7 Å². The Morgan fingerprint density at radius 3 is 1.78 bits per heavy atom. The van der Waals surface area contributed by atoms with Crippen molar-refractivity contribution in [3.05, 3.63) is 216 Å². The molecule has 0 fully saturated rings. The minimum absolute atomic E-state index is 0.0416. The van der Waals surface area contributed by atoms with E-state index in [0.29, 0.717) is 18.5 Å². The van der Waals surface area contributed by atoms with Gasteiger partial charge < -0.3 is 14.5 Å². The molecule has 0 amide bonds. The van der Waals surface area contributed by atoms with Gasteiger partial charge in [0.05, 0.1) is 28.1 Å². The summed E-state index contributed by atoms with van der Waals surface area (Å²) in [6, 6.07) is 64.1. The molecule has 74 heavy (non-hydrogen) atoms. The van der Waals surface area contributed by atoms with E-state index in [4.69, 9.17) is 9.72 Å². The Kier molecular flexibility index (Phi) is 12.3. The molecule has 0 bridgehead atoms. The van der Waals surface area contributed by atoms with E-state index >= 15 is 0 Å². The number of anilines is 4. The first-order chi connectivity index (χ1) is 35.5. The average molecular weight is 973 g/mol. The summed E-state index contributed by atoms with van der Waals surface area (Å²) in [6.07, 6.45) is 1.92. The molecule has 0 saturated carbocycles. The van der Waals surface area contributed by atoms with Crippen LogP contribution >= 0.6 is 0 Å². The van der Waals surface area contributed by atoms with Crippen LogP contribution in [-0.2, 0) is 10.8 Å². The molecule has 8 aromatic carbocycles. The molecule has 0 atom stereocenters. The third-order valence-electron chi connectivity index (χ3n) is 14.8. The molecular formula is C68H65FN4O. The van der Waals surface area contributed by atoms with Gasteiger partial charge in [0.2, 0.25) is 0 Å². The molecule has 370 valence electrons. The second-order valence-corrected chi connectivity index (χ2v) is 22.7. The lowest BCUT2D eigenvalue weighted by Crippen LogP contribution is -2.25. The molecular weight excluding hydrogens is 908 g/mol. The van der Waals surface area contributed by atoms with E-state index in [1.807, 2.05) is 18.3 Å². The number of hydrogen-bond donors (Lipinski definition) is 0. The van der Waals surface area contributed by atoms with Crippen molar-refractivity contribution in [2.45, 2.75) is 91.9 Å². The van der Waals surface area contributed by atoms with Gasteiger partial charge >= 0.3 is 0 Å². The van der Waals surface area contributed by atoms with Crippen LogP contribution in [0.3, 0.4) is 0 Å². The van der Waals surface area contributed by atoms with Crippen molar-refractivity contribution in [2.24, 2.45) is 0 Å². The highest BCUT2D eigenvalue weighted by Gasteiger charge is 2.33. The van der Waals surface area contributed by atoms with Gasteiger partial charge in [-0.3, -0.25) is 4.57 Å². The summed E-state index contributed by atoms with van der Waals surface area (Å²) in [4.78, 5) is 9.82. The van der Waals surface area contributed by atoms with E-state index in [2.05, 4.69) is 241 Å². The third kappa shape index (κ3) is 9.12. The monoisotopic (exact) mass is 973 g/mol. The van der Waals surface area contributed by atoms with Gasteiger partial charge in [0.15, 0.2) is 0 Å². The Hall–Kier alpha value is -7.96. The van der Waals surface area contributed by atoms with Crippen molar-refractivity contribution >= 4 is 44.6 Å². The van der Waals surface area contributed by atoms with Crippen molar-refractivity contribution in [3.63, 3.8) is 0 Å². The highest BCUT2D eigenvalue weighted by Crippen LogP contribution is 2.52. The van der Waals surface area contributed by atoms with Gasteiger partial charge in [-0.15, -0.1) is 0 Å². The van der Waals surface area contributed by atoms with E-state index in [-0.39, 0.29) is 16.6 Å². The second kappa shape index (κ2) is 18.8. The Morgan fingerprint density at radius 2 is 1.11 bits per heavy atom. The number of aromatic nitrogens is 2. The fourth-order valence-electron chi connectivity index (χ4n) is 10.6. The van der Waals surface area contributed by atoms with Gasteiger partial charge in [-0.25, -0.2) is 9.37 Å². The van der Waals surface area contributed by atoms with Crippen LogP contribution in [0.2, 0.25) is 0 Å². The van der Waals surface area contributed by atoms with E-state index in [1.165, 1.54) is 27.8 Å². The number of pyridine rings is 1. The number of para-hydroxylation sites is 3. The number of rotatable bonds is 10. The average Bonchev–Trinajstić information content (AvgIpc) is 3.95. The molecule has 0 N–H and O–H groups in total. The van der Waals surface area contributed by atoms with Gasteiger partial charge in [-0.05, 0) is 146 Å². The van der Waals surface area contributed by atoms with Crippen LogP contribution in [0.25, 0.3) is 61.0 Å². The molecule has 11 rings (SSSR count). The van der Waals surface area contributed by atoms with E-state index < -0.39 is 0 Å². The van der Waals surface area contributed by atoms with Crippen LogP contribution in [0.5, 0.6) is 11.5 Å². The van der Waals surface area contributed by atoms with E-state index in [9.17, 15) is 4.39 Å². The smallest absolute Gasteiger partial charge is 0.137 e. The van der Waals surface area contributed by atoms with Crippen LogP contribution in [0, 0.1) is 5.82 Å². The Morgan fingerprint density at radius 1 is 0.486 bits per heavy atom. The molecule has 5 nitrogen and oxygen atoms in total. The predicted molar refractivity (Wildman–Crippen MR) is 309 cm³/mol. The molecule has 10 aromatic rings. The zero-order valence-electron chi connectivity index (χ0n) is 44.3. The molecule has 0 saturated heterocycles. The number of hydrogen-bond acceptors (Lipinski definition) is 4. The molecule has 2 aromatic heterocycles. The maximum atomic E-state index is 14.8. The Labute approximate surface area is 436 Å². The number of nitrogens with zero attached hydrogens (tertiary/aromatic N) is 4. The number of halogens is 1. The SMILES string of the molecule is CC(C)c1cc(-c2cc(C(C)(C)C)cc(-c3ccc(F)cc3)c2N2CN(c3cc(Oc4ccc5c6ccccc6n(-c6cc(C(C)(C)C)ccn6)c5c4)cc(-c4ccccc4)c3)c3ccccc32)cc(C(C)C)c1. The second-order valence-electron chi connectivity index (χ2n) is 22.7. The van der Waals surface area contributed by atoms with Gasteiger partial charge in [0.1, 0.15) is 29.8 Å². The zero-order chi connectivity index (χ0) is 51.6. The maximum Gasteiger partial charge on any atom is 0.137 e. The van der Waals surface area contributed by atoms with E-state index in [1.54, 1.807) is 12.1 Å². The largest absolute Gasteiger partial charge is 0.457 e. The van der Waals surface area contributed by atoms with Crippen LogP contribution in [0.15, 0.2) is 188 Å². The van der Waals surface area contributed by atoms with E-state index in [0.717, 1.165) is 89.7 Å². The molecule has 0 spiro atoms. The fraction of sp³-hybridized carbons (Fsp3) is 0.221. The predicted octanol–water partition coefficient (Wildman–Crippen LogP) is 19.2. The minimum atomic E-state index is -0.257. The van der Waals surface area contributed by atoms with Gasteiger partial charge in [0.25, 0.3) is 0 Å². The zero-order valence-corrected chi connectivity index (χ0v) is 44.3. The Balaban J connectivity index is 1.08. The van der Waals surface area contributed by atoms with Crippen molar-refractivity contribution in [1.29, 1.82) is 0 Å². The van der Waals surface area contributed by atoms with Crippen molar-refractivity contribution in [2.75, 3.05) is 16.5 Å². The van der Waals surface area contributed by atoms with Crippen molar-refractivity contribution < 1.29 is 9.13 Å².